The van der Waals surface area contributed by atoms with Crippen molar-refractivity contribution in [1.29, 1.82) is 0 Å². The number of nitrogens with zero attached hydrogens (tertiary/aromatic N) is 4. The van der Waals surface area contributed by atoms with E-state index < -0.39 is 11.5 Å². The lowest BCUT2D eigenvalue weighted by Gasteiger charge is -2.08. The summed E-state index contributed by atoms with van der Waals surface area (Å²) in [5.41, 5.74) is 1.48. The summed E-state index contributed by atoms with van der Waals surface area (Å²) in [6, 6.07) is 8.91. The van der Waals surface area contributed by atoms with E-state index in [1.165, 1.54) is 4.57 Å². The Morgan fingerprint density at radius 1 is 1.23 bits per heavy atom. The van der Waals surface area contributed by atoms with Gasteiger partial charge in [0.1, 0.15) is 5.82 Å². The lowest BCUT2D eigenvalue weighted by Crippen LogP contribution is -2.30. The molecule has 3 rings (SSSR count). The zero-order chi connectivity index (χ0) is 15.9. The number of hydrogen-bond donors (Lipinski definition) is 1. The van der Waals surface area contributed by atoms with Crippen molar-refractivity contribution in [1.82, 2.24) is 19.3 Å². The van der Waals surface area contributed by atoms with Crippen molar-refractivity contribution < 1.29 is 4.79 Å². The van der Waals surface area contributed by atoms with E-state index in [9.17, 15) is 9.59 Å². The lowest BCUT2D eigenvalue weighted by molar-refractivity contribution is 0.101. The van der Waals surface area contributed by atoms with E-state index in [2.05, 4.69) is 15.4 Å². The van der Waals surface area contributed by atoms with Crippen LogP contribution in [0.5, 0.6) is 0 Å². The molecule has 0 saturated heterocycles. The molecular weight excluding hydrogens is 282 g/mol. The molecule has 0 aliphatic heterocycles. The number of carbonyl (C=O) groups is 1. The third kappa shape index (κ3) is 2.26. The molecule has 3 aromatic rings. The van der Waals surface area contributed by atoms with Crippen LogP contribution >= 0.6 is 0 Å². The van der Waals surface area contributed by atoms with Gasteiger partial charge in [0, 0.05) is 20.2 Å². The second kappa shape index (κ2) is 5.10. The van der Waals surface area contributed by atoms with Gasteiger partial charge in [0.15, 0.2) is 5.69 Å². The number of benzene rings is 1. The molecule has 0 aliphatic carbocycles. The van der Waals surface area contributed by atoms with E-state index in [4.69, 9.17) is 0 Å². The third-order valence-corrected chi connectivity index (χ3v) is 3.44. The maximum Gasteiger partial charge on any atom is 0.282 e. The van der Waals surface area contributed by atoms with Crippen molar-refractivity contribution in [2.24, 2.45) is 14.1 Å². The molecule has 7 nitrogen and oxygen atoms in total. The van der Waals surface area contributed by atoms with E-state index in [0.29, 0.717) is 16.9 Å². The average molecular weight is 297 g/mol. The minimum Gasteiger partial charge on any atom is -0.308 e. The second-order valence-electron chi connectivity index (χ2n) is 5.06. The van der Waals surface area contributed by atoms with Gasteiger partial charge in [-0.2, -0.15) is 5.10 Å². The molecule has 0 aliphatic rings. The van der Waals surface area contributed by atoms with Crippen molar-refractivity contribution in [2.75, 3.05) is 5.32 Å². The first-order chi connectivity index (χ1) is 10.5. The van der Waals surface area contributed by atoms with Gasteiger partial charge in [-0.15, -0.1) is 0 Å². The monoisotopic (exact) mass is 297 g/mol. The summed E-state index contributed by atoms with van der Waals surface area (Å²) < 4.78 is 2.96. The van der Waals surface area contributed by atoms with E-state index in [0.717, 1.165) is 5.69 Å². The molecule has 0 spiro atoms. The minimum absolute atomic E-state index is 0.139. The van der Waals surface area contributed by atoms with E-state index in [1.54, 1.807) is 37.0 Å². The second-order valence-corrected chi connectivity index (χ2v) is 5.06. The van der Waals surface area contributed by atoms with Gasteiger partial charge in [-0.25, -0.2) is 4.98 Å². The summed E-state index contributed by atoms with van der Waals surface area (Å²) in [6.45, 7) is 1.82. The summed E-state index contributed by atoms with van der Waals surface area (Å²) in [5, 5.41) is 6.81. The minimum atomic E-state index is -0.547. The smallest absolute Gasteiger partial charge is 0.282 e. The van der Waals surface area contributed by atoms with E-state index >= 15 is 0 Å². The summed E-state index contributed by atoms with van der Waals surface area (Å²) in [4.78, 5) is 28.9. The van der Waals surface area contributed by atoms with Crippen LogP contribution in [0.1, 0.15) is 16.2 Å². The topological polar surface area (TPSA) is 81.8 Å². The molecule has 0 atom stereocenters. The number of aryl methyl sites for hydroxylation is 3. The van der Waals surface area contributed by atoms with Crippen molar-refractivity contribution in [3.63, 3.8) is 0 Å². The molecule has 22 heavy (non-hydrogen) atoms. The number of hydrogen-bond acceptors (Lipinski definition) is 4. The van der Waals surface area contributed by atoms with Gasteiger partial charge < -0.3 is 9.88 Å². The molecule has 0 bridgehead atoms. The SMILES string of the molecule is Cc1cc(NC(=O)c2nc3ccccc3n(C)c2=O)n(C)n1. The zero-order valence-corrected chi connectivity index (χ0v) is 12.5. The maximum absolute atomic E-state index is 12.4. The van der Waals surface area contributed by atoms with Gasteiger partial charge in [0.2, 0.25) is 0 Å². The summed E-state index contributed by atoms with van der Waals surface area (Å²) in [7, 11) is 3.34. The maximum atomic E-state index is 12.4. The largest absolute Gasteiger partial charge is 0.308 e. The van der Waals surface area contributed by atoms with Crippen molar-refractivity contribution >= 4 is 22.8 Å². The molecule has 2 heterocycles. The van der Waals surface area contributed by atoms with Crippen molar-refractivity contribution in [2.45, 2.75) is 6.92 Å². The molecular formula is C15H15N5O2. The Morgan fingerprint density at radius 3 is 2.64 bits per heavy atom. The molecule has 0 saturated carbocycles. The third-order valence-electron chi connectivity index (χ3n) is 3.44. The molecule has 112 valence electrons. The van der Waals surface area contributed by atoms with Gasteiger partial charge in [-0.05, 0) is 19.1 Å². The predicted octanol–water partition coefficient (Wildman–Crippen LogP) is 1.23. The highest BCUT2D eigenvalue weighted by atomic mass is 16.2. The van der Waals surface area contributed by atoms with Crippen LogP contribution in [-0.4, -0.2) is 25.2 Å². The summed E-state index contributed by atoms with van der Waals surface area (Å²) >= 11 is 0. The Kier molecular flexibility index (Phi) is 3.25. The molecule has 1 aromatic carbocycles. The average Bonchev–Trinajstić information content (AvgIpc) is 2.80. The quantitative estimate of drug-likeness (QED) is 0.771. The van der Waals surface area contributed by atoms with Crippen molar-refractivity contribution in [3.8, 4) is 0 Å². The van der Waals surface area contributed by atoms with Gasteiger partial charge in [-0.1, -0.05) is 12.1 Å². The highest BCUT2D eigenvalue weighted by molar-refractivity contribution is 6.03. The number of amides is 1. The number of para-hydroxylation sites is 2. The van der Waals surface area contributed by atoms with Crippen molar-refractivity contribution in [3.05, 3.63) is 52.1 Å². The van der Waals surface area contributed by atoms with Crippen LogP contribution in [0.4, 0.5) is 5.82 Å². The van der Waals surface area contributed by atoms with E-state index in [1.807, 2.05) is 19.1 Å². The predicted molar refractivity (Wildman–Crippen MR) is 82.9 cm³/mol. The first kappa shape index (κ1) is 14.0. The lowest BCUT2D eigenvalue weighted by atomic mass is 10.2. The fourth-order valence-corrected chi connectivity index (χ4v) is 2.33. The number of fused-ring (bicyclic) bond motifs is 1. The molecule has 0 radical (unpaired) electrons. The summed E-state index contributed by atoms with van der Waals surface area (Å²) in [5.74, 6) is -0.0335. The normalized spacial score (nSPS) is 10.9. The molecule has 1 amide bonds. The Balaban J connectivity index is 2.06. The number of carbonyl (C=O) groups excluding carboxylic acids is 1. The van der Waals surface area contributed by atoms with Crippen LogP contribution in [0.2, 0.25) is 0 Å². The van der Waals surface area contributed by atoms with Crippen LogP contribution in [0, 0.1) is 6.92 Å². The molecule has 0 unspecified atom stereocenters. The van der Waals surface area contributed by atoms with Gasteiger partial charge in [0.05, 0.1) is 16.7 Å². The Bertz CT molecular complexity index is 939. The number of rotatable bonds is 2. The van der Waals surface area contributed by atoms with Gasteiger partial charge in [-0.3, -0.25) is 14.3 Å². The zero-order valence-electron chi connectivity index (χ0n) is 12.5. The molecule has 7 heteroatoms. The molecule has 2 aromatic heterocycles. The van der Waals surface area contributed by atoms with Crippen LogP contribution in [0.3, 0.4) is 0 Å². The Labute approximate surface area is 126 Å². The van der Waals surface area contributed by atoms with Gasteiger partial charge in [0.25, 0.3) is 11.5 Å². The van der Waals surface area contributed by atoms with Crippen LogP contribution in [-0.2, 0) is 14.1 Å². The van der Waals surface area contributed by atoms with E-state index in [-0.39, 0.29) is 5.69 Å². The Hall–Kier alpha value is -2.96. The van der Waals surface area contributed by atoms with Crippen LogP contribution in [0.15, 0.2) is 35.1 Å². The van der Waals surface area contributed by atoms with Crippen LogP contribution in [0.25, 0.3) is 11.0 Å². The fourth-order valence-electron chi connectivity index (χ4n) is 2.33. The fraction of sp³-hybridized carbons (Fsp3) is 0.200. The molecule has 1 N–H and O–H groups in total. The standard InChI is InChI=1S/C15H15N5O2/c1-9-8-12(20(3)18-9)17-14(21)13-15(22)19(2)11-7-5-4-6-10(11)16-13/h4-8H,1-3H3,(H,17,21). The number of aromatic nitrogens is 4. The Morgan fingerprint density at radius 2 is 1.95 bits per heavy atom. The highest BCUT2D eigenvalue weighted by Gasteiger charge is 2.17. The number of nitrogens with one attached hydrogen (secondary N) is 1. The highest BCUT2D eigenvalue weighted by Crippen LogP contribution is 2.11. The number of anilines is 1. The summed E-state index contributed by atoms with van der Waals surface area (Å²) in [6.07, 6.45) is 0. The van der Waals surface area contributed by atoms with Crippen LogP contribution < -0.4 is 10.9 Å². The molecule has 0 fully saturated rings. The first-order valence-corrected chi connectivity index (χ1v) is 6.75. The first-order valence-electron chi connectivity index (χ1n) is 6.75. The van der Waals surface area contributed by atoms with Gasteiger partial charge >= 0.3 is 0 Å².